The van der Waals surface area contributed by atoms with Gasteiger partial charge in [-0.1, -0.05) is 47.5 Å². The molecule has 0 radical (unpaired) electrons. The molecule has 0 aliphatic heterocycles. The molecule has 8 heterocycles. The highest BCUT2D eigenvalue weighted by Gasteiger charge is 2.25. The highest BCUT2D eigenvalue weighted by atomic mass is 35.5. The first kappa shape index (κ1) is 43.4. The number of fused-ring (bicyclic) bond motifs is 4. The number of nitrogens with two attached hydrogens (primary N) is 1. The van der Waals surface area contributed by atoms with Crippen molar-refractivity contribution in [3.05, 3.63) is 190 Å². The predicted molar refractivity (Wildman–Crippen MR) is 257 cm³/mol. The van der Waals surface area contributed by atoms with E-state index in [1.54, 1.807) is 34.2 Å². The van der Waals surface area contributed by atoms with Gasteiger partial charge in [-0.2, -0.15) is 10.2 Å². The number of rotatable bonds is 11. The Morgan fingerprint density at radius 2 is 1.15 bits per heavy atom. The molecule has 8 aromatic heterocycles. The average Bonchev–Trinajstić information content (AvgIpc) is 4.17. The van der Waals surface area contributed by atoms with Gasteiger partial charge in [0.25, 0.3) is 5.91 Å². The number of hydrogen-bond acceptors (Lipinski definition) is 9. The molecule has 10 aromatic rings. The Morgan fingerprint density at radius 1 is 0.642 bits per heavy atom. The van der Waals surface area contributed by atoms with E-state index in [-0.39, 0.29) is 11.5 Å². The minimum Gasteiger partial charge on any atom is -0.478 e. The van der Waals surface area contributed by atoms with E-state index in [1.807, 2.05) is 71.4 Å². The van der Waals surface area contributed by atoms with Gasteiger partial charge in [-0.05, 0) is 108 Å². The lowest BCUT2D eigenvalue weighted by Crippen LogP contribution is -2.23. The van der Waals surface area contributed by atoms with E-state index in [1.165, 1.54) is 49.2 Å². The number of aromatic carboxylic acids is 1. The third-order valence-corrected chi connectivity index (χ3v) is 12.3. The lowest BCUT2D eigenvalue weighted by molar-refractivity contribution is 0.0696. The normalized spacial score (nSPS) is 13.4. The summed E-state index contributed by atoms with van der Waals surface area (Å²) in [5.74, 6) is 0.245. The van der Waals surface area contributed by atoms with E-state index >= 15 is 0 Å². The van der Waals surface area contributed by atoms with Gasteiger partial charge < -0.3 is 25.0 Å². The van der Waals surface area contributed by atoms with Crippen LogP contribution in [0.25, 0.3) is 32.8 Å². The van der Waals surface area contributed by atoms with E-state index in [4.69, 9.17) is 34.0 Å². The molecule has 2 aliphatic rings. The van der Waals surface area contributed by atoms with Gasteiger partial charge in [-0.15, -0.1) is 0 Å². The second kappa shape index (κ2) is 18.8. The van der Waals surface area contributed by atoms with Gasteiger partial charge in [0.05, 0.1) is 65.9 Å². The largest absolute Gasteiger partial charge is 0.478 e. The Bertz CT molecular complexity index is 3440. The number of imidazole rings is 2. The second-order valence-corrected chi connectivity index (χ2v) is 17.6. The number of amides is 1. The SMILES string of the molecule is NCc1nccc2ccc(Cl)cc12.O=C(NCc1nccc2ccc(Cl)cc12)c1cnn(Cc2cn3cc(C4CC4)ccc3n2)c1.O=C(O)c1cnn(Cc2cn3cc(C4CC4)ccc3n2)c1. The smallest absolute Gasteiger partial charge is 0.338 e. The molecule has 0 unspecified atom stereocenters. The summed E-state index contributed by atoms with van der Waals surface area (Å²) in [5, 5.41) is 25.7. The van der Waals surface area contributed by atoms with Crippen LogP contribution in [0.4, 0.5) is 0 Å². The first-order chi connectivity index (χ1) is 32.6. The Balaban J connectivity index is 0.000000131. The van der Waals surface area contributed by atoms with E-state index in [9.17, 15) is 9.59 Å². The predicted octanol–water partition coefficient (Wildman–Crippen LogP) is 9.09. The topological polar surface area (TPSA) is 188 Å². The van der Waals surface area contributed by atoms with Crippen LogP contribution >= 0.6 is 23.2 Å². The number of pyridine rings is 4. The molecular formula is C50H44Cl2N12O3. The molecule has 0 atom stereocenters. The maximum Gasteiger partial charge on any atom is 0.338 e. The number of aromatic nitrogens is 10. The fraction of sp³-hybridized carbons (Fsp3) is 0.200. The number of halogens is 2. The molecule has 336 valence electrons. The Labute approximate surface area is 393 Å². The van der Waals surface area contributed by atoms with Gasteiger partial charge in [0.2, 0.25) is 0 Å². The van der Waals surface area contributed by atoms with Crippen LogP contribution in [-0.2, 0) is 26.2 Å². The number of carbonyl (C=O) groups is 2. The molecule has 2 aliphatic carbocycles. The monoisotopic (exact) mass is 930 g/mol. The van der Waals surface area contributed by atoms with Crippen LogP contribution in [0.3, 0.4) is 0 Å². The zero-order chi connectivity index (χ0) is 46.0. The third-order valence-electron chi connectivity index (χ3n) is 11.8. The van der Waals surface area contributed by atoms with Crippen molar-refractivity contribution < 1.29 is 14.7 Å². The summed E-state index contributed by atoms with van der Waals surface area (Å²) < 4.78 is 7.43. The van der Waals surface area contributed by atoms with Crippen molar-refractivity contribution in [1.29, 1.82) is 0 Å². The lowest BCUT2D eigenvalue weighted by atomic mass is 10.1. The zero-order valence-corrected chi connectivity index (χ0v) is 37.6. The molecule has 2 saturated carbocycles. The number of carbonyl (C=O) groups excluding carboxylic acids is 1. The Morgan fingerprint density at radius 3 is 1.66 bits per heavy atom. The number of carboxylic acids is 1. The van der Waals surface area contributed by atoms with Crippen molar-refractivity contribution in [1.82, 2.24) is 53.6 Å². The molecule has 0 bridgehead atoms. The summed E-state index contributed by atoms with van der Waals surface area (Å²) in [6, 6.07) is 23.7. The number of carboxylic acid groups (broad SMARTS) is 1. The number of benzene rings is 2. The molecule has 1 amide bonds. The second-order valence-electron chi connectivity index (χ2n) is 16.8. The Hall–Kier alpha value is -7.46. The summed E-state index contributed by atoms with van der Waals surface area (Å²) in [4.78, 5) is 41.3. The summed E-state index contributed by atoms with van der Waals surface area (Å²) in [7, 11) is 0. The van der Waals surface area contributed by atoms with Crippen molar-refractivity contribution in [2.45, 2.75) is 63.7 Å². The maximum atomic E-state index is 12.7. The maximum absolute atomic E-state index is 12.7. The van der Waals surface area contributed by atoms with E-state index < -0.39 is 5.97 Å². The molecule has 67 heavy (non-hydrogen) atoms. The van der Waals surface area contributed by atoms with Crippen LogP contribution in [-0.4, -0.2) is 65.3 Å². The molecule has 17 heteroatoms. The minimum atomic E-state index is -0.967. The van der Waals surface area contributed by atoms with Crippen LogP contribution in [0, 0.1) is 0 Å². The molecule has 4 N–H and O–H groups in total. The van der Waals surface area contributed by atoms with Crippen molar-refractivity contribution in [3.63, 3.8) is 0 Å². The number of nitrogens with one attached hydrogen (secondary N) is 1. The molecule has 12 rings (SSSR count). The van der Waals surface area contributed by atoms with Crippen LogP contribution in [0.5, 0.6) is 0 Å². The van der Waals surface area contributed by atoms with Crippen LogP contribution in [0.1, 0.15) is 92.1 Å². The fourth-order valence-electron chi connectivity index (χ4n) is 8.02. The standard InChI is InChI=1S/C25H21ClN6O.C15H14N4O2.C10H9ClN2/c26-20-5-3-17-7-8-27-23(22(17)9-20)11-28-25(33)19-10-29-32(13-19)15-21-14-31-12-18(16-1-2-16)4-6-24(31)30-21;20-15(21)12-5-16-19(7-12)9-13-8-18-6-11(10-1-2-10)3-4-14(18)17-13;11-8-2-1-7-3-4-13-10(6-12)9(7)5-8/h3-10,12-14,16H,1-2,11,15H2,(H,28,33);3-8,10H,1-2,9H2,(H,20,21);1-5H,6,12H2. The molecule has 0 spiro atoms. The minimum absolute atomic E-state index is 0.190. The number of hydrogen-bond donors (Lipinski definition) is 3. The van der Waals surface area contributed by atoms with Crippen LogP contribution < -0.4 is 11.1 Å². The lowest BCUT2D eigenvalue weighted by Gasteiger charge is -2.07. The first-order valence-corrected chi connectivity index (χ1v) is 22.7. The van der Waals surface area contributed by atoms with Crippen molar-refractivity contribution >= 4 is 67.9 Å². The van der Waals surface area contributed by atoms with E-state index in [2.05, 4.69) is 70.4 Å². The number of nitrogens with zero attached hydrogens (tertiary/aromatic N) is 10. The van der Waals surface area contributed by atoms with Gasteiger partial charge in [0, 0.05) is 76.9 Å². The van der Waals surface area contributed by atoms with Crippen molar-refractivity contribution in [2.75, 3.05) is 0 Å². The zero-order valence-electron chi connectivity index (χ0n) is 36.1. The van der Waals surface area contributed by atoms with E-state index in [0.29, 0.717) is 48.6 Å². The Kier molecular flexibility index (Phi) is 12.2. The fourth-order valence-corrected chi connectivity index (χ4v) is 8.37. The van der Waals surface area contributed by atoms with Gasteiger partial charge in [0.1, 0.15) is 11.3 Å². The molecule has 0 saturated heterocycles. The third kappa shape index (κ3) is 10.2. The molecule has 2 aromatic carbocycles. The van der Waals surface area contributed by atoms with Gasteiger partial charge in [-0.25, -0.2) is 14.8 Å². The highest BCUT2D eigenvalue weighted by molar-refractivity contribution is 6.31. The summed E-state index contributed by atoms with van der Waals surface area (Å²) in [6.07, 6.45) is 23.1. The summed E-state index contributed by atoms with van der Waals surface area (Å²) >= 11 is 12.0. The average molecular weight is 932 g/mol. The molecule has 15 nitrogen and oxygen atoms in total. The first-order valence-electron chi connectivity index (χ1n) is 21.9. The van der Waals surface area contributed by atoms with Gasteiger partial charge in [-0.3, -0.25) is 24.1 Å². The van der Waals surface area contributed by atoms with Crippen LogP contribution in [0.15, 0.2) is 135 Å². The summed E-state index contributed by atoms with van der Waals surface area (Å²) in [5.41, 5.74) is 14.2. The van der Waals surface area contributed by atoms with Gasteiger partial charge in [0.15, 0.2) is 0 Å². The van der Waals surface area contributed by atoms with E-state index in [0.717, 1.165) is 60.6 Å². The summed E-state index contributed by atoms with van der Waals surface area (Å²) in [6.45, 7) is 1.71. The van der Waals surface area contributed by atoms with Crippen LogP contribution in [0.2, 0.25) is 10.0 Å². The molecular weight excluding hydrogens is 888 g/mol. The quantitative estimate of drug-likeness (QED) is 0.113. The highest BCUT2D eigenvalue weighted by Crippen LogP contribution is 2.40. The molecule has 2 fully saturated rings. The van der Waals surface area contributed by atoms with Crippen molar-refractivity contribution in [3.8, 4) is 0 Å². The van der Waals surface area contributed by atoms with Crippen molar-refractivity contribution in [2.24, 2.45) is 5.73 Å². The van der Waals surface area contributed by atoms with Gasteiger partial charge >= 0.3 is 5.97 Å².